The zero-order valence-corrected chi connectivity index (χ0v) is 16.7. The van der Waals surface area contributed by atoms with Crippen LogP contribution in [0.5, 0.6) is 0 Å². The molecule has 0 bridgehead atoms. The van der Waals surface area contributed by atoms with Gasteiger partial charge in [0.25, 0.3) is 0 Å². The predicted molar refractivity (Wildman–Crippen MR) is 112 cm³/mol. The Morgan fingerprint density at radius 3 is 2.50 bits per heavy atom. The normalized spacial score (nSPS) is 21.9. The first-order valence-corrected chi connectivity index (χ1v) is 10.6. The predicted octanol–water partition coefficient (Wildman–Crippen LogP) is 2.71. The topological polar surface area (TPSA) is 43.9 Å². The number of benzene rings is 1. The summed E-state index contributed by atoms with van der Waals surface area (Å²) in [5, 5.41) is 1.98. The molecule has 2 fully saturated rings. The van der Waals surface area contributed by atoms with Crippen molar-refractivity contribution in [1.29, 1.82) is 0 Å². The summed E-state index contributed by atoms with van der Waals surface area (Å²) in [6.07, 6.45) is 4.66. The molecule has 0 radical (unpaired) electrons. The first-order chi connectivity index (χ1) is 13.7. The molecule has 2 aliphatic heterocycles. The Morgan fingerprint density at radius 1 is 1.00 bits per heavy atom. The van der Waals surface area contributed by atoms with Gasteiger partial charge in [0.15, 0.2) is 0 Å². The fraction of sp³-hybridized carbons (Fsp3) is 0.364. The van der Waals surface area contributed by atoms with Crippen LogP contribution < -0.4 is 0 Å². The van der Waals surface area contributed by atoms with Gasteiger partial charge in [-0.1, -0.05) is 48.6 Å². The van der Waals surface area contributed by atoms with Gasteiger partial charge in [0.2, 0.25) is 11.8 Å². The Labute approximate surface area is 169 Å². The van der Waals surface area contributed by atoms with Crippen molar-refractivity contribution in [1.82, 2.24) is 14.7 Å². The summed E-state index contributed by atoms with van der Waals surface area (Å²) in [7, 11) is 0. The van der Waals surface area contributed by atoms with Crippen LogP contribution in [-0.2, 0) is 16.1 Å². The molecule has 2 saturated heterocycles. The molecule has 4 rings (SSSR count). The third-order valence-electron chi connectivity index (χ3n) is 5.44. The summed E-state index contributed by atoms with van der Waals surface area (Å²) in [6, 6.07) is 13.9. The Kier molecular flexibility index (Phi) is 6.00. The molecule has 0 aliphatic carbocycles. The monoisotopic (exact) mass is 395 g/mol. The molecule has 2 aromatic rings. The second-order valence-corrected chi connectivity index (χ2v) is 8.30. The summed E-state index contributed by atoms with van der Waals surface area (Å²) in [4.78, 5) is 32.2. The summed E-state index contributed by atoms with van der Waals surface area (Å²) >= 11 is 1.58. The van der Waals surface area contributed by atoms with Gasteiger partial charge in [0.1, 0.15) is 0 Å². The second-order valence-electron chi connectivity index (χ2n) is 7.27. The van der Waals surface area contributed by atoms with Crippen LogP contribution >= 0.6 is 11.3 Å². The number of rotatable bonds is 6. The van der Waals surface area contributed by atoms with E-state index >= 15 is 0 Å². The smallest absolute Gasteiger partial charge is 0.247 e. The molecule has 1 aromatic carbocycles. The SMILES string of the molecule is O=C1C[C@H](N2CCN(CC=Cc3ccccc3)CC2)C(=O)N1Cc1cccs1. The fourth-order valence-electron chi connectivity index (χ4n) is 3.84. The molecule has 2 amide bonds. The number of carbonyl (C=O) groups excluding carboxylic acids is 2. The lowest BCUT2D eigenvalue weighted by atomic mass is 10.1. The summed E-state index contributed by atoms with van der Waals surface area (Å²) < 4.78 is 0. The maximum absolute atomic E-state index is 12.8. The fourth-order valence-corrected chi connectivity index (χ4v) is 4.53. The maximum atomic E-state index is 12.8. The van der Waals surface area contributed by atoms with Crippen LogP contribution in [-0.4, -0.2) is 65.3 Å². The number of amides is 2. The van der Waals surface area contributed by atoms with Gasteiger partial charge in [-0.25, -0.2) is 0 Å². The van der Waals surface area contributed by atoms with Crippen LogP contribution in [0.25, 0.3) is 6.08 Å². The highest BCUT2D eigenvalue weighted by Gasteiger charge is 2.42. The third kappa shape index (κ3) is 4.41. The van der Waals surface area contributed by atoms with Crippen LogP contribution in [0.15, 0.2) is 53.9 Å². The molecule has 0 N–H and O–H groups in total. The lowest BCUT2D eigenvalue weighted by Crippen LogP contribution is -2.52. The number of nitrogens with zero attached hydrogens (tertiary/aromatic N) is 3. The van der Waals surface area contributed by atoms with Gasteiger partial charge in [0, 0.05) is 37.6 Å². The van der Waals surface area contributed by atoms with E-state index in [4.69, 9.17) is 0 Å². The van der Waals surface area contributed by atoms with Crippen molar-refractivity contribution in [3.8, 4) is 0 Å². The zero-order chi connectivity index (χ0) is 19.3. The van der Waals surface area contributed by atoms with E-state index in [0.29, 0.717) is 13.0 Å². The average molecular weight is 396 g/mol. The standard InChI is InChI=1S/C22H25N3O2S/c26-21-16-20(22(27)25(21)17-19-9-5-15-28-19)24-13-11-23(12-14-24)10-4-8-18-6-2-1-3-7-18/h1-9,15,20H,10-14,16-17H2/t20-/m0/s1. The van der Waals surface area contributed by atoms with Crippen LogP contribution in [0.1, 0.15) is 16.9 Å². The first kappa shape index (κ1) is 19.1. The van der Waals surface area contributed by atoms with Crippen molar-refractivity contribution in [2.75, 3.05) is 32.7 Å². The van der Waals surface area contributed by atoms with E-state index in [-0.39, 0.29) is 17.9 Å². The van der Waals surface area contributed by atoms with Gasteiger partial charge in [-0.05, 0) is 17.0 Å². The molecular weight excluding hydrogens is 370 g/mol. The molecule has 5 nitrogen and oxygen atoms in total. The van der Waals surface area contributed by atoms with E-state index in [0.717, 1.165) is 37.6 Å². The Bertz CT molecular complexity index is 827. The highest BCUT2D eigenvalue weighted by atomic mass is 32.1. The van der Waals surface area contributed by atoms with Gasteiger partial charge < -0.3 is 0 Å². The minimum atomic E-state index is -0.283. The van der Waals surface area contributed by atoms with Crippen molar-refractivity contribution in [3.63, 3.8) is 0 Å². The average Bonchev–Trinajstić information content (AvgIpc) is 3.33. The largest absolute Gasteiger partial charge is 0.297 e. The van der Waals surface area contributed by atoms with E-state index in [1.165, 1.54) is 10.5 Å². The third-order valence-corrected chi connectivity index (χ3v) is 6.30. The van der Waals surface area contributed by atoms with Crippen molar-refractivity contribution >= 4 is 29.2 Å². The number of piperazine rings is 1. The highest BCUT2D eigenvalue weighted by Crippen LogP contribution is 2.23. The Hall–Kier alpha value is -2.28. The molecule has 0 unspecified atom stereocenters. The van der Waals surface area contributed by atoms with Crippen molar-refractivity contribution in [2.45, 2.75) is 19.0 Å². The summed E-state index contributed by atoms with van der Waals surface area (Å²) in [5.41, 5.74) is 1.21. The lowest BCUT2D eigenvalue weighted by Gasteiger charge is -2.36. The number of carbonyl (C=O) groups is 2. The van der Waals surface area contributed by atoms with Gasteiger partial charge in [-0.2, -0.15) is 0 Å². The Morgan fingerprint density at radius 2 is 1.79 bits per heavy atom. The quantitative estimate of drug-likeness (QED) is 0.706. The van der Waals surface area contributed by atoms with Gasteiger partial charge in [-0.3, -0.25) is 24.3 Å². The second kappa shape index (κ2) is 8.82. The molecule has 6 heteroatoms. The number of hydrogen-bond donors (Lipinski definition) is 0. The van der Waals surface area contributed by atoms with Gasteiger partial charge in [0.05, 0.1) is 19.0 Å². The Balaban J connectivity index is 1.27. The van der Waals surface area contributed by atoms with Crippen molar-refractivity contribution < 1.29 is 9.59 Å². The molecule has 2 aliphatic rings. The number of likely N-dealkylation sites (tertiary alicyclic amines) is 1. The molecule has 146 valence electrons. The van der Waals surface area contributed by atoms with E-state index < -0.39 is 0 Å². The van der Waals surface area contributed by atoms with Crippen LogP contribution in [0, 0.1) is 0 Å². The van der Waals surface area contributed by atoms with Crippen molar-refractivity contribution in [2.24, 2.45) is 0 Å². The van der Waals surface area contributed by atoms with Crippen molar-refractivity contribution in [3.05, 3.63) is 64.4 Å². The molecule has 3 heterocycles. The maximum Gasteiger partial charge on any atom is 0.247 e. The first-order valence-electron chi connectivity index (χ1n) is 9.75. The molecule has 28 heavy (non-hydrogen) atoms. The molecule has 0 spiro atoms. The molecule has 0 saturated carbocycles. The van der Waals surface area contributed by atoms with Crippen LogP contribution in [0.2, 0.25) is 0 Å². The molecule has 1 atom stereocenters. The minimum absolute atomic E-state index is 0.0316. The van der Waals surface area contributed by atoms with E-state index in [1.807, 2.05) is 35.7 Å². The van der Waals surface area contributed by atoms with E-state index in [2.05, 4.69) is 34.1 Å². The number of hydrogen-bond acceptors (Lipinski definition) is 5. The minimum Gasteiger partial charge on any atom is -0.297 e. The van der Waals surface area contributed by atoms with Gasteiger partial charge >= 0.3 is 0 Å². The van der Waals surface area contributed by atoms with Crippen LogP contribution in [0.4, 0.5) is 0 Å². The lowest BCUT2D eigenvalue weighted by molar-refractivity contribution is -0.140. The summed E-state index contributed by atoms with van der Waals surface area (Å²) in [5.74, 6) is -0.0764. The molecular formula is C22H25N3O2S. The van der Waals surface area contributed by atoms with E-state index in [9.17, 15) is 9.59 Å². The van der Waals surface area contributed by atoms with Gasteiger partial charge in [-0.15, -0.1) is 11.3 Å². The molecule has 1 aromatic heterocycles. The number of thiophene rings is 1. The number of imide groups is 1. The van der Waals surface area contributed by atoms with Crippen LogP contribution in [0.3, 0.4) is 0 Å². The zero-order valence-electron chi connectivity index (χ0n) is 15.9. The van der Waals surface area contributed by atoms with E-state index in [1.54, 1.807) is 11.3 Å². The summed E-state index contributed by atoms with van der Waals surface area (Å²) in [6.45, 7) is 4.82. The highest BCUT2D eigenvalue weighted by molar-refractivity contribution is 7.09.